The Bertz CT molecular complexity index is 730. The predicted octanol–water partition coefficient (Wildman–Crippen LogP) is 3.57. The molecule has 0 aliphatic heterocycles. The van der Waals surface area contributed by atoms with Crippen LogP contribution in [0.5, 0.6) is 0 Å². The maximum atomic E-state index is 13.1. The molecule has 1 aromatic heterocycles. The molecule has 0 bridgehead atoms. The van der Waals surface area contributed by atoms with Crippen molar-refractivity contribution in [3.63, 3.8) is 0 Å². The Morgan fingerprint density at radius 3 is 2.30 bits per heavy atom. The van der Waals surface area contributed by atoms with Crippen LogP contribution in [0.1, 0.15) is 5.69 Å². The van der Waals surface area contributed by atoms with Crippen LogP contribution >= 0.6 is 0 Å². The first-order valence-corrected chi connectivity index (χ1v) is 6.33. The lowest BCUT2D eigenvalue weighted by Gasteiger charge is -2.10. The maximum absolute atomic E-state index is 13.1. The fourth-order valence-corrected chi connectivity index (χ4v) is 2.34. The van der Waals surface area contributed by atoms with E-state index in [0.29, 0.717) is 5.95 Å². The zero-order valence-corrected chi connectivity index (χ0v) is 11.0. The number of imidazole rings is 1. The van der Waals surface area contributed by atoms with Gasteiger partial charge in [-0.15, -0.1) is 0 Å². The average molecular weight is 267 g/mol. The smallest absolute Gasteiger partial charge is 0.205 e. The van der Waals surface area contributed by atoms with Gasteiger partial charge >= 0.3 is 0 Å². The highest BCUT2D eigenvalue weighted by molar-refractivity contribution is 5.68. The third kappa shape index (κ3) is 2.05. The van der Waals surface area contributed by atoms with Gasteiger partial charge in [0.2, 0.25) is 5.95 Å². The normalized spacial score (nSPS) is 10.7. The van der Waals surface area contributed by atoms with Crippen molar-refractivity contribution >= 4 is 5.95 Å². The van der Waals surface area contributed by atoms with Gasteiger partial charge in [-0.1, -0.05) is 18.2 Å². The topological polar surface area (TPSA) is 43.8 Å². The molecule has 0 saturated heterocycles. The molecule has 20 heavy (non-hydrogen) atoms. The first-order chi connectivity index (χ1) is 9.66. The Hall–Kier alpha value is -2.62. The van der Waals surface area contributed by atoms with Crippen LogP contribution in [-0.4, -0.2) is 9.55 Å². The molecular weight excluding hydrogens is 253 g/mol. The lowest BCUT2D eigenvalue weighted by Crippen LogP contribution is -2.02. The number of nitrogens with zero attached hydrogens (tertiary/aromatic N) is 2. The van der Waals surface area contributed by atoms with Crippen molar-refractivity contribution in [3.8, 4) is 16.9 Å². The van der Waals surface area contributed by atoms with Crippen LogP contribution in [0.25, 0.3) is 16.9 Å². The number of rotatable bonds is 2. The Balaban J connectivity index is 2.23. The Morgan fingerprint density at radius 2 is 1.65 bits per heavy atom. The molecule has 0 unspecified atom stereocenters. The van der Waals surface area contributed by atoms with E-state index in [-0.39, 0.29) is 5.82 Å². The van der Waals surface area contributed by atoms with Crippen molar-refractivity contribution in [3.05, 3.63) is 66.1 Å². The zero-order chi connectivity index (χ0) is 14.1. The summed E-state index contributed by atoms with van der Waals surface area (Å²) in [5.74, 6) is 0.165. The van der Waals surface area contributed by atoms with Crippen LogP contribution in [0.2, 0.25) is 0 Å². The number of hydrogen-bond acceptors (Lipinski definition) is 2. The SMILES string of the molecule is Cc1nc(N)n(-c2ccccc2)c1-c1ccc(F)cc1. The highest BCUT2D eigenvalue weighted by Crippen LogP contribution is 2.29. The summed E-state index contributed by atoms with van der Waals surface area (Å²) >= 11 is 0. The molecule has 4 heteroatoms. The quantitative estimate of drug-likeness (QED) is 0.771. The standard InChI is InChI=1S/C16H14FN3/c1-11-15(12-7-9-13(17)10-8-12)20(16(18)19-11)14-5-3-2-4-6-14/h2-10H,1H3,(H2,18,19). The van der Waals surface area contributed by atoms with E-state index in [1.54, 1.807) is 12.1 Å². The van der Waals surface area contributed by atoms with E-state index >= 15 is 0 Å². The first kappa shape index (κ1) is 12.4. The van der Waals surface area contributed by atoms with E-state index in [1.165, 1.54) is 12.1 Å². The van der Waals surface area contributed by atoms with Crippen molar-refractivity contribution in [2.75, 3.05) is 5.73 Å². The number of halogens is 1. The summed E-state index contributed by atoms with van der Waals surface area (Å²) in [5.41, 5.74) is 9.54. The molecule has 3 aromatic rings. The molecule has 3 rings (SSSR count). The van der Waals surface area contributed by atoms with Gasteiger partial charge in [0.15, 0.2) is 0 Å². The summed E-state index contributed by atoms with van der Waals surface area (Å²) in [4.78, 5) is 4.33. The molecule has 0 spiro atoms. The minimum absolute atomic E-state index is 0.259. The summed E-state index contributed by atoms with van der Waals surface area (Å²) in [6.07, 6.45) is 0. The maximum Gasteiger partial charge on any atom is 0.205 e. The van der Waals surface area contributed by atoms with Crippen LogP contribution < -0.4 is 5.73 Å². The highest BCUT2D eigenvalue weighted by Gasteiger charge is 2.15. The molecule has 3 nitrogen and oxygen atoms in total. The van der Waals surface area contributed by atoms with E-state index in [2.05, 4.69) is 4.98 Å². The van der Waals surface area contributed by atoms with Gasteiger partial charge in [0, 0.05) is 11.3 Å². The van der Waals surface area contributed by atoms with Crippen molar-refractivity contribution in [2.45, 2.75) is 6.92 Å². The molecule has 0 amide bonds. The highest BCUT2D eigenvalue weighted by atomic mass is 19.1. The molecule has 0 saturated carbocycles. The lowest BCUT2D eigenvalue weighted by molar-refractivity contribution is 0.628. The van der Waals surface area contributed by atoms with Gasteiger partial charge in [-0.2, -0.15) is 0 Å². The molecule has 0 atom stereocenters. The van der Waals surface area contributed by atoms with E-state index < -0.39 is 0 Å². The van der Waals surface area contributed by atoms with Gasteiger partial charge < -0.3 is 5.73 Å². The molecule has 1 heterocycles. The molecule has 2 N–H and O–H groups in total. The van der Waals surface area contributed by atoms with E-state index in [9.17, 15) is 4.39 Å². The van der Waals surface area contributed by atoms with Crippen molar-refractivity contribution in [1.82, 2.24) is 9.55 Å². The average Bonchev–Trinajstić information content (AvgIpc) is 2.75. The first-order valence-electron chi connectivity index (χ1n) is 6.33. The fraction of sp³-hybridized carbons (Fsp3) is 0.0625. The number of aromatic nitrogens is 2. The van der Waals surface area contributed by atoms with E-state index in [1.807, 2.05) is 41.8 Å². The van der Waals surface area contributed by atoms with E-state index in [0.717, 1.165) is 22.6 Å². The molecule has 0 aliphatic rings. The summed E-state index contributed by atoms with van der Waals surface area (Å²) in [7, 11) is 0. The molecule has 2 aromatic carbocycles. The Kier molecular flexibility index (Phi) is 2.99. The minimum atomic E-state index is -0.259. The Morgan fingerprint density at radius 1 is 1.00 bits per heavy atom. The minimum Gasteiger partial charge on any atom is -0.369 e. The van der Waals surface area contributed by atoms with Gasteiger partial charge in [-0.25, -0.2) is 9.37 Å². The van der Waals surface area contributed by atoms with Crippen molar-refractivity contribution < 1.29 is 4.39 Å². The second-order valence-corrected chi connectivity index (χ2v) is 4.58. The number of nitrogen functional groups attached to an aromatic ring is 1. The van der Waals surface area contributed by atoms with Crippen LogP contribution in [0.3, 0.4) is 0 Å². The van der Waals surface area contributed by atoms with Gasteiger partial charge in [-0.3, -0.25) is 4.57 Å². The predicted molar refractivity (Wildman–Crippen MR) is 78.1 cm³/mol. The molecule has 0 aliphatic carbocycles. The van der Waals surface area contributed by atoms with Crippen LogP contribution in [0.15, 0.2) is 54.6 Å². The number of aryl methyl sites for hydroxylation is 1. The molecule has 0 radical (unpaired) electrons. The zero-order valence-electron chi connectivity index (χ0n) is 11.0. The van der Waals surface area contributed by atoms with Crippen LogP contribution in [-0.2, 0) is 0 Å². The molecule has 100 valence electrons. The summed E-state index contributed by atoms with van der Waals surface area (Å²) in [6.45, 7) is 1.90. The van der Waals surface area contributed by atoms with Gasteiger partial charge in [-0.05, 0) is 43.3 Å². The monoisotopic (exact) mass is 267 g/mol. The van der Waals surface area contributed by atoms with E-state index in [4.69, 9.17) is 5.73 Å². The summed E-state index contributed by atoms with van der Waals surface area (Å²) in [5, 5.41) is 0. The lowest BCUT2D eigenvalue weighted by atomic mass is 10.1. The number of nitrogens with two attached hydrogens (primary N) is 1. The van der Waals surface area contributed by atoms with Gasteiger partial charge in [0.25, 0.3) is 0 Å². The van der Waals surface area contributed by atoms with Gasteiger partial charge in [0.1, 0.15) is 5.82 Å². The molecule has 0 fully saturated rings. The van der Waals surface area contributed by atoms with Crippen LogP contribution in [0, 0.1) is 12.7 Å². The molecular formula is C16H14FN3. The van der Waals surface area contributed by atoms with Crippen molar-refractivity contribution in [1.29, 1.82) is 0 Å². The second kappa shape index (κ2) is 4.81. The summed E-state index contributed by atoms with van der Waals surface area (Å²) < 4.78 is 15.0. The number of para-hydroxylation sites is 1. The number of benzene rings is 2. The largest absolute Gasteiger partial charge is 0.369 e. The third-order valence-corrected chi connectivity index (χ3v) is 3.21. The van der Waals surface area contributed by atoms with Gasteiger partial charge in [0.05, 0.1) is 11.4 Å². The number of anilines is 1. The number of hydrogen-bond donors (Lipinski definition) is 1. The fourth-order valence-electron chi connectivity index (χ4n) is 2.34. The summed E-state index contributed by atoms with van der Waals surface area (Å²) in [6, 6.07) is 16.1. The second-order valence-electron chi connectivity index (χ2n) is 4.58. The van der Waals surface area contributed by atoms with Crippen LogP contribution in [0.4, 0.5) is 10.3 Å². The Labute approximate surface area is 116 Å². The van der Waals surface area contributed by atoms with Crippen molar-refractivity contribution in [2.24, 2.45) is 0 Å². The third-order valence-electron chi connectivity index (χ3n) is 3.21.